The van der Waals surface area contributed by atoms with Gasteiger partial charge < -0.3 is 4.90 Å². The maximum atomic E-state index is 12.6. The molecular formula is C16H20N4O. The van der Waals surface area contributed by atoms with Gasteiger partial charge in [0.2, 0.25) is 0 Å². The van der Waals surface area contributed by atoms with Gasteiger partial charge in [0.1, 0.15) is 12.7 Å². The molecular weight excluding hydrogens is 264 g/mol. The molecule has 5 nitrogen and oxygen atoms in total. The third-order valence-electron chi connectivity index (χ3n) is 3.75. The number of carbonyl (C=O) groups excluding carboxylic acids is 1. The van der Waals surface area contributed by atoms with E-state index < -0.39 is 0 Å². The van der Waals surface area contributed by atoms with Crippen molar-refractivity contribution in [2.45, 2.75) is 26.2 Å². The van der Waals surface area contributed by atoms with Crippen LogP contribution in [0.5, 0.6) is 0 Å². The van der Waals surface area contributed by atoms with Gasteiger partial charge in [-0.05, 0) is 49.4 Å². The van der Waals surface area contributed by atoms with E-state index in [2.05, 4.69) is 17.0 Å². The first-order chi connectivity index (χ1) is 10.3. The maximum Gasteiger partial charge on any atom is 0.253 e. The summed E-state index contributed by atoms with van der Waals surface area (Å²) in [7, 11) is 0. The summed E-state index contributed by atoms with van der Waals surface area (Å²) < 4.78 is 1.68. The summed E-state index contributed by atoms with van der Waals surface area (Å²) in [6.45, 7) is 3.85. The Hall–Kier alpha value is -2.17. The average Bonchev–Trinajstić information content (AvgIpc) is 3.16. The van der Waals surface area contributed by atoms with Crippen LogP contribution >= 0.6 is 0 Å². The van der Waals surface area contributed by atoms with E-state index in [1.807, 2.05) is 29.2 Å². The zero-order valence-electron chi connectivity index (χ0n) is 12.3. The fourth-order valence-corrected chi connectivity index (χ4v) is 2.44. The summed E-state index contributed by atoms with van der Waals surface area (Å²) in [6, 6.07) is 7.55. The number of nitrogens with zero attached hydrogens (tertiary/aromatic N) is 4. The zero-order valence-corrected chi connectivity index (χ0v) is 12.3. The standard InChI is InChI=1S/C16H20N4O/c1-2-9-19(10-13-3-4-13)16(21)14-5-7-15(8-6-14)20-12-17-11-18-20/h5-8,11-13H,2-4,9-10H2,1H3. The van der Waals surface area contributed by atoms with Gasteiger partial charge in [-0.25, -0.2) is 9.67 Å². The molecule has 0 atom stereocenters. The minimum atomic E-state index is 0.133. The number of hydrogen-bond donors (Lipinski definition) is 0. The van der Waals surface area contributed by atoms with Crippen LogP contribution in [-0.4, -0.2) is 38.7 Å². The summed E-state index contributed by atoms with van der Waals surface area (Å²) in [5.41, 5.74) is 1.65. The Bertz CT molecular complexity index is 587. The van der Waals surface area contributed by atoms with Gasteiger partial charge in [-0.2, -0.15) is 5.10 Å². The zero-order chi connectivity index (χ0) is 14.7. The Labute approximate surface area is 124 Å². The molecule has 0 saturated heterocycles. The normalized spacial score (nSPS) is 14.1. The van der Waals surface area contributed by atoms with Crippen molar-refractivity contribution in [2.24, 2.45) is 5.92 Å². The highest BCUT2D eigenvalue weighted by molar-refractivity contribution is 5.94. The molecule has 0 N–H and O–H groups in total. The molecule has 110 valence electrons. The highest BCUT2D eigenvalue weighted by Gasteiger charge is 2.26. The Kier molecular flexibility index (Phi) is 3.99. The van der Waals surface area contributed by atoms with Crippen LogP contribution in [0.4, 0.5) is 0 Å². The summed E-state index contributed by atoms with van der Waals surface area (Å²) in [6.07, 6.45) is 6.66. The minimum Gasteiger partial charge on any atom is -0.338 e. The van der Waals surface area contributed by atoms with Gasteiger partial charge >= 0.3 is 0 Å². The molecule has 1 aromatic carbocycles. The van der Waals surface area contributed by atoms with Gasteiger partial charge in [-0.15, -0.1) is 0 Å². The summed E-state index contributed by atoms with van der Waals surface area (Å²) in [4.78, 5) is 18.5. The first-order valence-electron chi connectivity index (χ1n) is 7.52. The van der Waals surface area contributed by atoms with Gasteiger partial charge in [0.15, 0.2) is 0 Å². The number of carbonyl (C=O) groups is 1. The molecule has 5 heteroatoms. The minimum absolute atomic E-state index is 0.133. The van der Waals surface area contributed by atoms with E-state index >= 15 is 0 Å². The molecule has 2 aromatic rings. The highest BCUT2D eigenvalue weighted by Crippen LogP contribution is 2.30. The predicted octanol–water partition coefficient (Wildman–Crippen LogP) is 2.53. The Balaban J connectivity index is 1.73. The van der Waals surface area contributed by atoms with Crippen LogP contribution in [-0.2, 0) is 0 Å². The van der Waals surface area contributed by atoms with E-state index in [9.17, 15) is 4.79 Å². The lowest BCUT2D eigenvalue weighted by Gasteiger charge is -2.22. The summed E-state index contributed by atoms with van der Waals surface area (Å²) in [5.74, 6) is 0.851. The van der Waals surface area contributed by atoms with Crippen LogP contribution in [0.25, 0.3) is 5.69 Å². The molecule has 1 aliphatic carbocycles. The number of rotatable bonds is 6. The molecule has 1 heterocycles. The Morgan fingerprint density at radius 2 is 2.10 bits per heavy atom. The molecule has 1 fully saturated rings. The Morgan fingerprint density at radius 3 is 2.67 bits per heavy atom. The molecule has 0 aliphatic heterocycles. The van der Waals surface area contributed by atoms with Crippen molar-refractivity contribution < 1.29 is 4.79 Å². The Morgan fingerprint density at radius 1 is 1.33 bits per heavy atom. The van der Waals surface area contributed by atoms with E-state index in [4.69, 9.17) is 0 Å². The molecule has 1 aliphatic rings. The molecule has 0 spiro atoms. The number of amides is 1. The monoisotopic (exact) mass is 284 g/mol. The van der Waals surface area contributed by atoms with Crippen LogP contribution < -0.4 is 0 Å². The second kappa shape index (κ2) is 6.08. The van der Waals surface area contributed by atoms with Gasteiger partial charge in [-0.3, -0.25) is 4.79 Å². The average molecular weight is 284 g/mol. The predicted molar refractivity (Wildman–Crippen MR) is 80.3 cm³/mol. The second-order valence-electron chi connectivity index (χ2n) is 5.58. The summed E-state index contributed by atoms with van der Waals surface area (Å²) in [5, 5.41) is 4.08. The topological polar surface area (TPSA) is 51.0 Å². The largest absolute Gasteiger partial charge is 0.338 e. The van der Waals surface area contributed by atoms with E-state index in [0.29, 0.717) is 0 Å². The fraction of sp³-hybridized carbons (Fsp3) is 0.438. The molecule has 0 bridgehead atoms. The SMILES string of the molecule is CCCN(CC1CC1)C(=O)c1ccc(-n2cncn2)cc1. The van der Waals surface area contributed by atoms with Crippen LogP contribution in [0.15, 0.2) is 36.9 Å². The smallest absolute Gasteiger partial charge is 0.253 e. The van der Waals surface area contributed by atoms with Gasteiger partial charge in [0.05, 0.1) is 5.69 Å². The lowest BCUT2D eigenvalue weighted by molar-refractivity contribution is 0.0747. The molecule has 1 saturated carbocycles. The van der Waals surface area contributed by atoms with Crippen molar-refractivity contribution in [3.8, 4) is 5.69 Å². The van der Waals surface area contributed by atoms with Crippen molar-refractivity contribution >= 4 is 5.91 Å². The number of hydrogen-bond acceptors (Lipinski definition) is 3. The first kappa shape index (κ1) is 13.8. The quantitative estimate of drug-likeness (QED) is 0.819. The summed E-state index contributed by atoms with van der Waals surface area (Å²) >= 11 is 0. The van der Waals surface area contributed by atoms with Crippen molar-refractivity contribution in [3.05, 3.63) is 42.5 Å². The second-order valence-corrected chi connectivity index (χ2v) is 5.58. The van der Waals surface area contributed by atoms with E-state index in [1.54, 1.807) is 11.0 Å². The van der Waals surface area contributed by atoms with E-state index in [1.165, 1.54) is 19.2 Å². The van der Waals surface area contributed by atoms with E-state index in [-0.39, 0.29) is 5.91 Å². The van der Waals surface area contributed by atoms with Gasteiger partial charge in [0, 0.05) is 18.7 Å². The first-order valence-corrected chi connectivity index (χ1v) is 7.52. The molecule has 0 unspecified atom stereocenters. The van der Waals surface area contributed by atoms with E-state index in [0.717, 1.165) is 36.7 Å². The third kappa shape index (κ3) is 3.29. The van der Waals surface area contributed by atoms with Crippen LogP contribution in [0.2, 0.25) is 0 Å². The number of aromatic nitrogens is 3. The van der Waals surface area contributed by atoms with Crippen molar-refractivity contribution in [3.63, 3.8) is 0 Å². The van der Waals surface area contributed by atoms with Gasteiger partial charge in [0.25, 0.3) is 5.91 Å². The molecule has 1 aromatic heterocycles. The lowest BCUT2D eigenvalue weighted by Crippen LogP contribution is -2.33. The third-order valence-corrected chi connectivity index (χ3v) is 3.75. The molecule has 0 radical (unpaired) electrons. The maximum absolute atomic E-state index is 12.6. The van der Waals surface area contributed by atoms with Crippen LogP contribution in [0.1, 0.15) is 36.5 Å². The van der Waals surface area contributed by atoms with Crippen molar-refractivity contribution in [1.29, 1.82) is 0 Å². The highest BCUT2D eigenvalue weighted by atomic mass is 16.2. The fourth-order valence-electron chi connectivity index (χ4n) is 2.44. The molecule has 3 rings (SSSR count). The molecule has 1 amide bonds. The number of benzene rings is 1. The van der Waals surface area contributed by atoms with Gasteiger partial charge in [-0.1, -0.05) is 6.92 Å². The lowest BCUT2D eigenvalue weighted by atomic mass is 10.1. The van der Waals surface area contributed by atoms with Crippen molar-refractivity contribution in [1.82, 2.24) is 19.7 Å². The van der Waals surface area contributed by atoms with Crippen LogP contribution in [0.3, 0.4) is 0 Å². The van der Waals surface area contributed by atoms with Crippen LogP contribution in [0, 0.1) is 5.92 Å². The molecule has 21 heavy (non-hydrogen) atoms. The van der Waals surface area contributed by atoms with Crippen molar-refractivity contribution in [2.75, 3.05) is 13.1 Å².